The predicted octanol–water partition coefficient (Wildman–Crippen LogP) is 5.33. The van der Waals surface area contributed by atoms with E-state index >= 15 is 0 Å². The highest BCUT2D eigenvalue weighted by Crippen LogP contribution is 2.26. The number of carbonyl (C=O) groups excluding carboxylic acids is 2. The second-order valence-electron chi connectivity index (χ2n) is 6.12. The van der Waals surface area contributed by atoms with E-state index < -0.39 is 29.6 Å². The van der Waals surface area contributed by atoms with Crippen molar-refractivity contribution in [1.29, 1.82) is 0 Å². The van der Waals surface area contributed by atoms with E-state index in [1.165, 1.54) is 25.1 Å². The molecule has 1 amide bonds. The van der Waals surface area contributed by atoms with E-state index in [2.05, 4.69) is 10.3 Å². The molecule has 0 aliphatic rings. The number of benzene rings is 2. The molecule has 0 fully saturated rings. The van der Waals surface area contributed by atoms with Crippen molar-refractivity contribution in [2.75, 3.05) is 5.32 Å². The zero-order chi connectivity index (χ0) is 21.7. The van der Waals surface area contributed by atoms with E-state index in [0.29, 0.717) is 21.8 Å². The Morgan fingerprint density at radius 3 is 2.73 bits per heavy atom. The molecule has 2 aromatic carbocycles. The lowest BCUT2D eigenvalue weighted by atomic mass is 10.2. The smallest absolute Gasteiger partial charge is 0.331 e. The van der Waals surface area contributed by atoms with Crippen LogP contribution in [0.25, 0.3) is 17.3 Å². The summed E-state index contributed by atoms with van der Waals surface area (Å²) in [7, 11) is 0. The molecule has 0 aliphatic carbocycles. The number of thiazole rings is 1. The van der Waals surface area contributed by atoms with Gasteiger partial charge >= 0.3 is 5.97 Å². The van der Waals surface area contributed by atoms with Crippen LogP contribution in [0.2, 0.25) is 5.02 Å². The van der Waals surface area contributed by atoms with Crippen LogP contribution in [0.4, 0.5) is 13.9 Å². The molecule has 0 saturated heterocycles. The third-order valence-electron chi connectivity index (χ3n) is 3.87. The minimum Gasteiger partial charge on any atom is -0.449 e. The molecule has 1 aromatic heterocycles. The number of halogens is 3. The number of amides is 1. The van der Waals surface area contributed by atoms with Gasteiger partial charge in [-0.05, 0) is 48.9 Å². The molecule has 1 heterocycles. The minimum absolute atomic E-state index is 0.233. The van der Waals surface area contributed by atoms with Gasteiger partial charge < -0.3 is 4.74 Å². The van der Waals surface area contributed by atoms with Crippen LogP contribution >= 0.6 is 22.9 Å². The van der Waals surface area contributed by atoms with E-state index in [-0.39, 0.29) is 5.13 Å². The van der Waals surface area contributed by atoms with Crippen molar-refractivity contribution in [3.05, 3.63) is 76.1 Å². The Morgan fingerprint density at radius 1 is 1.20 bits per heavy atom. The second kappa shape index (κ2) is 9.60. The lowest BCUT2D eigenvalue weighted by molar-refractivity contribution is -0.148. The minimum atomic E-state index is -1.07. The third-order valence-corrected chi connectivity index (χ3v) is 4.87. The van der Waals surface area contributed by atoms with Crippen LogP contribution in [-0.2, 0) is 14.3 Å². The number of carbonyl (C=O) groups is 2. The van der Waals surface area contributed by atoms with Gasteiger partial charge in [-0.3, -0.25) is 10.1 Å². The summed E-state index contributed by atoms with van der Waals surface area (Å²) < 4.78 is 31.5. The molecular formula is C21H15ClF2N2O3S. The van der Waals surface area contributed by atoms with E-state index in [9.17, 15) is 18.4 Å². The normalized spacial score (nSPS) is 12.0. The molecule has 3 rings (SSSR count). The van der Waals surface area contributed by atoms with E-state index in [1.54, 1.807) is 29.6 Å². The first-order chi connectivity index (χ1) is 14.3. The highest BCUT2D eigenvalue weighted by Gasteiger charge is 2.18. The SMILES string of the molecule is CC(OC(=O)C=Cc1cccc(Cl)c1)C(=O)Nc1nc(-c2ccc(F)c(F)c2)cs1. The van der Waals surface area contributed by atoms with Crippen LogP contribution < -0.4 is 5.32 Å². The van der Waals surface area contributed by atoms with Crippen LogP contribution in [0.3, 0.4) is 0 Å². The molecule has 0 aliphatic heterocycles. The largest absolute Gasteiger partial charge is 0.449 e. The fourth-order valence-electron chi connectivity index (χ4n) is 2.37. The van der Waals surface area contributed by atoms with Gasteiger partial charge in [0.25, 0.3) is 5.91 Å². The zero-order valence-corrected chi connectivity index (χ0v) is 17.1. The summed E-state index contributed by atoms with van der Waals surface area (Å²) in [6, 6.07) is 10.3. The molecule has 0 saturated carbocycles. The first-order valence-electron chi connectivity index (χ1n) is 8.68. The summed E-state index contributed by atoms with van der Waals surface area (Å²) in [5.74, 6) is -3.22. The maximum Gasteiger partial charge on any atom is 0.331 e. The lowest BCUT2D eigenvalue weighted by Crippen LogP contribution is -2.29. The molecule has 30 heavy (non-hydrogen) atoms. The number of esters is 1. The second-order valence-corrected chi connectivity index (χ2v) is 7.42. The summed E-state index contributed by atoms with van der Waals surface area (Å²) in [6.07, 6.45) is 1.64. The molecule has 1 unspecified atom stereocenters. The highest BCUT2D eigenvalue weighted by atomic mass is 35.5. The molecule has 5 nitrogen and oxygen atoms in total. The van der Waals surface area contributed by atoms with Crippen LogP contribution in [0.1, 0.15) is 12.5 Å². The van der Waals surface area contributed by atoms with Crippen LogP contribution in [0.15, 0.2) is 53.9 Å². The maximum atomic E-state index is 13.4. The van der Waals surface area contributed by atoms with Gasteiger partial charge in [-0.2, -0.15) is 0 Å². The Labute approximate surface area is 180 Å². The molecule has 0 spiro atoms. The molecule has 154 valence electrons. The first-order valence-corrected chi connectivity index (χ1v) is 9.93. The standard InChI is InChI=1S/C21H15ClF2N2O3S/c1-12(29-19(27)8-5-13-3-2-4-15(22)9-13)20(28)26-21-25-18(11-30-21)14-6-7-16(23)17(24)10-14/h2-12H,1H3,(H,25,26,28). The van der Waals surface area contributed by atoms with Crippen LogP contribution in [0.5, 0.6) is 0 Å². The van der Waals surface area contributed by atoms with Crippen LogP contribution in [-0.4, -0.2) is 23.0 Å². The predicted molar refractivity (Wildman–Crippen MR) is 112 cm³/mol. The summed E-state index contributed by atoms with van der Waals surface area (Å²) in [5, 5.41) is 4.88. The Balaban J connectivity index is 1.57. The zero-order valence-electron chi connectivity index (χ0n) is 15.6. The highest BCUT2D eigenvalue weighted by molar-refractivity contribution is 7.14. The first kappa shape index (κ1) is 21.6. The summed E-state index contributed by atoms with van der Waals surface area (Å²) in [6.45, 7) is 1.42. The van der Waals surface area contributed by atoms with Crippen LogP contribution in [0, 0.1) is 11.6 Å². The molecular weight excluding hydrogens is 434 g/mol. The monoisotopic (exact) mass is 448 g/mol. The number of rotatable bonds is 6. The van der Waals surface area contributed by atoms with Gasteiger partial charge in [-0.25, -0.2) is 18.6 Å². The number of nitrogens with zero attached hydrogens (tertiary/aromatic N) is 1. The summed E-state index contributed by atoms with van der Waals surface area (Å²) >= 11 is 6.98. The Hall–Kier alpha value is -3.10. The van der Waals surface area contributed by atoms with Crippen molar-refractivity contribution in [3.63, 3.8) is 0 Å². The number of aromatic nitrogens is 1. The topological polar surface area (TPSA) is 68.3 Å². The van der Waals surface area contributed by atoms with Crippen molar-refractivity contribution in [1.82, 2.24) is 4.98 Å². The summed E-state index contributed by atoms with van der Waals surface area (Å²) in [5.41, 5.74) is 1.46. The van der Waals surface area contributed by atoms with E-state index in [0.717, 1.165) is 23.5 Å². The van der Waals surface area contributed by atoms with Gasteiger partial charge in [-0.1, -0.05) is 23.7 Å². The quantitative estimate of drug-likeness (QED) is 0.409. The molecule has 0 radical (unpaired) electrons. The maximum absolute atomic E-state index is 13.4. The summed E-state index contributed by atoms with van der Waals surface area (Å²) in [4.78, 5) is 28.3. The lowest BCUT2D eigenvalue weighted by Gasteiger charge is -2.10. The Morgan fingerprint density at radius 2 is 2.00 bits per heavy atom. The van der Waals surface area contributed by atoms with Crippen molar-refractivity contribution >= 4 is 46.0 Å². The number of hydrogen-bond donors (Lipinski definition) is 1. The van der Waals surface area contributed by atoms with Gasteiger partial charge in [0.1, 0.15) is 0 Å². The van der Waals surface area contributed by atoms with Gasteiger partial charge in [0.05, 0.1) is 5.69 Å². The average molecular weight is 449 g/mol. The third kappa shape index (κ3) is 5.71. The Bertz CT molecular complexity index is 1120. The molecule has 3 aromatic rings. The number of ether oxygens (including phenoxy) is 1. The molecule has 1 atom stereocenters. The number of hydrogen-bond acceptors (Lipinski definition) is 5. The molecule has 9 heteroatoms. The molecule has 0 bridgehead atoms. The van der Waals surface area contributed by atoms with Gasteiger partial charge in [-0.15, -0.1) is 11.3 Å². The number of anilines is 1. The van der Waals surface area contributed by atoms with Gasteiger partial charge in [0, 0.05) is 22.0 Å². The van der Waals surface area contributed by atoms with E-state index in [4.69, 9.17) is 16.3 Å². The van der Waals surface area contributed by atoms with Crippen molar-refractivity contribution in [2.45, 2.75) is 13.0 Å². The van der Waals surface area contributed by atoms with Crippen molar-refractivity contribution < 1.29 is 23.1 Å². The Kier molecular flexibility index (Phi) is 6.91. The van der Waals surface area contributed by atoms with E-state index in [1.807, 2.05) is 0 Å². The van der Waals surface area contributed by atoms with Gasteiger partial charge in [0.2, 0.25) is 0 Å². The number of nitrogens with one attached hydrogen (secondary N) is 1. The fourth-order valence-corrected chi connectivity index (χ4v) is 3.29. The van der Waals surface area contributed by atoms with Gasteiger partial charge in [0.15, 0.2) is 22.9 Å². The molecule has 1 N–H and O–H groups in total. The average Bonchev–Trinajstić information content (AvgIpc) is 3.17. The van der Waals surface area contributed by atoms with Crippen molar-refractivity contribution in [2.24, 2.45) is 0 Å². The van der Waals surface area contributed by atoms with Crippen molar-refractivity contribution in [3.8, 4) is 11.3 Å². The fraction of sp³-hybridized carbons (Fsp3) is 0.0952.